The van der Waals surface area contributed by atoms with Crippen molar-refractivity contribution in [3.05, 3.63) is 102 Å². The molecule has 1 aliphatic rings. The van der Waals surface area contributed by atoms with E-state index in [0.717, 1.165) is 41.7 Å². The lowest BCUT2D eigenvalue weighted by Crippen LogP contribution is -2.35. The second-order valence-corrected chi connectivity index (χ2v) is 8.92. The molecule has 1 saturated heterocycles. The quantitative estimate of drug-likeness (QED) is 0.293. The van der Waals surface area contributed by atoms with Crippen molar-refractivity contribution >= 4 is 12.0 Å². The molecule has 1 aliphatic heterocycles. The molecule has 0 aromatic heterocycles. The maximum absolute atomic E-state index is 13.6. The first-order valence-electron chi connectivity index (χ1n) is 12.5. The fourth-order valence-electron chi connectivity index (χ4n) is 4.60. The Kier molecular flexibility index (Phi) is 8.19. The fraction of sp³-hybridized carbons (Fsp3) is 0.333. The van der Waals surface area contributed by atoms with E-state index in [2.05, 4.69) is 13.8 Å². The first-order chi connectivity index (χ1) is 17.1. The number of amides is 2. The van der Waals surface area contributed by atoms with Crippen LogP contribution < -0.4 is 4.74 Å². The Morgan fingerprint density at radius 1 is 0.943 bits per heavy atom. The number of cyclic esters (lactones) is 1. The van der Waals surface area contributed by atoms with Crippen LogP contribution in [0.4, 0.5) is 4.79 Å². The number of hydrogen-bond acceptors (Lipinski definition) is 4. The highest BCUT2D eigenvalue weighted by Gasteiger charge is 2.47. The number of unbranched alkanes of at least 4 members (excludes halogenated alkanes) is 1. The molecule has 0 spiro atoms. The molecule has 0 N–H and O–H groups in total. The molecule has 35 heavy (non-hydrogen) atoms. The van der Waals surface area contributed by atoms with Crippen LogP contribution in [0, 0.1) is 0 Å². The third-order valence-corrected chi connectivity index (χ3v) is 6.54. The molecule has 4 rings (SSSR count). The van der Waals surface area contributed by atoms with Gasteiger partial charge in [-0.2, -0.15) is 0 Å². The molecule has 3 aromatic carbocycles. The lowest BCUT2D eigenvalue weighted by Gasteiger charge is -2.25. The minimum absolute atomic E-state index is 0.0303. The maximum atomic E-state index is 13.6. The van der Waals surface area contributed by atoms with E-state index in [1.165, 1.54) is 4.90 Å². The summed E-state index contributed by atoms with van der Waals surface area (Å²) in [5.74, 6) is 0.553. The lowest BCUT2D eigenvalue weighted by atomic mass is 9.91. The molecule has 5 heteroatoms. The SMILES string of the molecule is CCCCOc1cccc([C@H](CC)CC(=O)N2C(=O)O[C@@H](c3ccccc3)[C@H]2c2ccccc2)c1. The second kappa shape index (κ2) is 11.7. The largest absolute Gasteiger partial charge is 0.494 e. The van der Waals surface area contributed by atoms with Gasteiger partial charge in [0.1, 0.15) is 11.8 Å². The molecule has 0 aliphatic carbocycles. The monoisotopic (exact) mass is 471 g/mol. The summed E-state index contributed by atoms with van der Waals surface area (Å²) in [4.78, 5) is 28.0. The van der Waals surface area contributed by atoms with Gasteiger partial charge in [-0.3, -0.25) is 4.79 Å². The minimum atomic E-state index is -0.593. The molecule has 5 nitrogen and oxygen atoms in total. The molecule has 3 atom stereocenters. The van der Waals surface area contributed by atoms with Crippen LogP contribution >= 0.6 is 0 Å². The van der Waals surface area contributed by atoms with Crippen molar-refractivity contribution < 1.29 is 19.1 Å². The number of benzene rings is 3. The summed E-state index contributed by atoms with van der Waals surface area (Å²) < 4.78 is 11.7. The van der Waals surface area contributed by atoms with E-state index in [0.29, 0.717) is 6.61 Å². The average molecular weight is 472 g/mol. The third kappa shape index (κ3) is 5.73. The Balaban J connectivity index is 1.58. The molecule has 3 aromatic rings. The number of carbonyl (C=O) groups is 2. The van der Waals surface area contributed by atoms with Crippen molar-refractivity contribution in [2.45, 2.75) is 57.6 Å². The number of nitrogens with zero attached hydrogens (tertiary/aromatic N) is 1. The van der Waals surface area contributed by atoms with Crippen LogP contribution in [0.25, 0.3) is 0 Å². The standard InChI is InChI=1S/C30H33NO4/c1-3-5-19-34-26-18-12-17-25(20-26)22(4-2)21-27(32)31-28(23-13-8-6-9-14-23)29(35-30(31)33)24-15-10-7-11-16-24/h6-18,20,22,28-29H,3-5,19,21H2,1-2H3/t22-,28-,29+/m1/s1. The summed E-state index contributed by atoms with van der Waals surface area (Å²) in [7, 11) is 0. The molecular formula is C30H33NO4. The molecule has 1 heterocycles. The van der Waals surface area contributed by atoms with Crippen LogP contribution in [0.15, 0.2) is 84.9 Å². The van der Waals surface area contributed by atoms with Crippen LogP contribution in [0.2, 0.25) is 0 Å². The third-order valence-electron chi connectivity index (χ3n) is 6.54. The first-order valence-corrected chi connectivity index (χ1v) is 12.5. The second-order valence-electron chi connectivity index (χ2n) is 8.92. The van der Waals surface area contributed by atoms with E-state index in [1.807, 2.05) is 84.9 Å². The fourth-order valence-corrected chi connectivity index (χ4v) is 4.60. The van der Waals surface area contributed by atoms with Crippen molar-refractivity contribution in [3.63, 3.8) is 0 Å². The molecular weight excluding hydrogens is 438 g/mol. The first kappa shape index (κ1) is 24.5. The zero-order valence-corrected chi connectivity index (χ0v) is 20.4. The highest BCUT2D eigenvalue weighted by atomic mass is 16.6. The van der Waals surface area contributed by atoms with Crippen LogP contribution in [0.5, 0.6) is 5.75 Å². The Labute approximate surface area is 207 Å². The summed E-state index contributed by atoms with van der Waals surface area (Å²) in [6.07, 6.45) is 1.92. The smallest absolute Gasteiger partial charge is 0.417 e. The molecule has 2 amide bonds. The number of imide groups is 1. The Morgan fingerprint density at radius 3 is 2.29 bits per heavy atom. The Bertz CT molecular complexity index is 1120. The average Bonchev–Trinajstić information content (AvgIpc) is 3.25. The van der Waals surface area contributed by atoms with Gasteiger partial charge in [0, 0.05) is 6.42 Å². The summed E-state index contributed by atoms with van der Waals surface area (Å²) in [6.45, 7) is 4.87. The van der Waals surface area contributed by atoms with E-state index in [9.17, 15) is 9.59 Å². The topological polar surface area (TPSA) is 55.8 Å². The van der Waals surface area contributed by atoms with Gasteiger partial charge in [-0.25, -0.2) is 9.69 Å². The van der Waals surface area contributed by atoms with Gasteiger partial charge in [0.2, 0.25) is 5.91 Å². The molecule has 0 saturated carbocycles. The van der Waals surface area contributed by atoms with Gasteiger partial charge in [-0.1, -0.05) is 93.1 Å². The van der Waals surface area contributed by atoms with Crippen LogP contribution in [0.1, 0.15) is 74.3 Å². The predicted molar refractivity (Wildman–Crippen MR) is 136 cm³/mol. The van der Waals surface area contributed by atoms with Gasteiger partial charge in [-0.05, 0) is 47.6 Å². The van der Waals surface area contributed by atoms with Crippen LogP contribution in [-0.4, -0.2) is 23.5 Å². The van der Waals surface area contributed by atoms with Crippen LogP contribution in [-0.2, 0) is 9.53 Å². The molecule has 0 radical (unpaired) electrons. The van der Waals surface area contributed by atoms with E-state index < -0.39 is 18.2 Å². The normalized spacial score (nSPS) is 18.2. The summed E-state index contributed by atoms with van der Waals surface area (Å²) >= 11 is 0. The van der Waals surface area contributed by atoms with Crippen molar-refractivity contribution in [2.24, 2.45) is 0 Å². The Morgan fingerprint density at radius 2 is 1.63 bits per heavy atom. The van der Waals surface area contributed by atoms with Gasteiger partial charge in [-0.15, -0.1) is 0 Å². The van der Waals surface area contributed by atoms with Gasteiger partial charge in [0.15, 0.2) is 6.10 Å². The minimum Gasteiger partial charge on any atom is -0.494 e. The van der Waals surface area contributed by atoms with Crippen molar-refractivity contribution in [1.29, 1.82) is 0 Å². The van der Waals surface area contributed by atoms with Gasteiger partial charge in [0.05, 0.1) is 6.61 Å². The van der Waals surface area contributed by atoms with Crippen molar-refractivity contribution in [1.82, 2.24) is 4.90 Å². The van der Waals surface area contributed by atoms with Crippen molar-refractivity contribution in [3.8, 4) is 5.75 Å². The van der Waals surface area contributed by atoms with Gasteiger partial charge in [0.25, 0.3) is 0 Å². The van der Waals surface area contributed by atoms with E-state index in [4.69, 9.17) is 9.47 Å². The van der Waals surface area contributed by atoms with E-state index in [-0.39, 0.29) is 18.2 Å². The summed E-state index contributed by atoms with van der Waals surface area (Å²) in [6, 6.07) is 26.7. The zero-order chi connectivity index (χ0) is 24.6. The van der Waals surface area contributed by atoms with Crippen LogP contribution in [0.3, 0.4) is 0 Å². The molecule has 0 bridgehead atoms. The van der Waals surface area contributed by atoms with Crippen molar-refractivity contribution in [2.75, 3.05) is 6.61 Å². The highest BCUT2D eigenvalue weighted by molar-refractivity contribution is 5.94. The number of ether oxygens (including phenoxy) is 2. The molecule has 0 unspecified atom stereocenters. The Hall–Kier alpha value is -3.60. The number of hydrogen-bond donors (Lipinski definition) is 0. The maximum Gasteiger partial charge on any atom is 0.417 e. The lowest BCUT2D eigenvalue weighted by molar-refractivity contribution is -0.129. The number of carbonyl (C=O) groups excluding carboxylic acids is 2. The van der Waals surface area contributed by atoms with Gasteiger partial charge >= 0.3 is 6.09 Å². The van der Waals surface area contributed by atoms with E-state index >= 15 is 0 Å². The highest BCUT2D eigenvalue weighted by Crippen LogP contribution is 2.44. The summed E-state index contributed by atoms with van der Waals surface area (Å²) in [5.41, 5.74) is 2.78. The van der Waals surface area contributed by atoms with E-state index in [1.54, 1.807) is 0 Å². The molecule has 1 fully saturated rings. The zero-order valence-electron chi connectivity index (χ0n) is 20.4. The predicted octanol–water partition coefficient (Wildman–Crippen LogP) is 7.21. The van der Waals surface area contributed by atoms with Gasteiger partial charge < -0.3 is 9.47 Å². The summed E-state index contributed by atoms with van der Waals surface area (Å²) in [5, 5.41) is 0. The number of rotatable bonds is 10. The molecule has 182 valence electrons.